The van der Waals surface area contributed by atoms with Crippen molar-refractivity contribution in [2.45, 2.75) is 32.3 Å². The number of hydrogen-bond acceptors (Lipinski definition) is 3. The molecule has 0 heterocycles. The summed E-state index contributed by atoms with van der Waals surface area (Å²) in [6.07, 6.45) is -0.666. The lowest BCUT2D eigenvalue weighted by Gasteiger charge is -2.19. The minimum Gasteiger partial charge on any atom is -0.497 e. The van der Waals surface area contributed by atoms with Crippen LogP contribution >= 0.6 is 0 Å². The summed E-state index contributed by atoms with van der Waals surface area (Å²) >= 11 is 0. The molecule has 2 rings (SSSR count). The second kappa shape index (κ2) is 7.68. The molecule has 4 nitrogen and oxygen atoms in total. The molecule has 122 valence electrons. The highest BCUT2D eigenvalue weighted by molar-refractivity contribution is 5.73. The number of para-hydroxylation sites is 1. The number of benzene rings is 2. The molecule has 4 heteroatoms. The Morgan fingerprint density at radius 3 is 2.52 bits per heavy atom. The molecule has 23 heavy (non-hydrogen) atoms. The van der Waals surface area contributed by atoms with Crippen LogP contribution < -0.4 is 9.47 Å². The van der Waals surface area contributed by atoms with Gasteiger partial charge in [0.1, 0.15) is 11.5 Å². The lowest BCUT2D eigenvalue weighted by atomic mass is 10.0. The van der Waals surface area contributed by atoms with Gasteiger partial charge in [0.05, 0.1) is 7.11 Å². The zero-order valence-corrected chi connectivity index (χ0v) is 13.7. The van der Waals surface area contributed by atoms with E-state index in [0.717, 1.165) is 11.1 Å². The topological polar surface area (TPSA) is 55.8 Å². The zero-order valence-electron chi connectivity index (χ0n) is 13.7. The molecule has 2 aromatic carbocycles. The minimum absolute atomic E-state index is 0.262. The Bertz CT molecular complexity index is 664. The zero-order chi connectivity index (χ0) is 16.8. The second-order valence-corrected chi connectivity index (χ2v) is 5.69. The number of carbonyl (C=O) groups is 1. The molecule has 0 aliphatic carbocycles. The van der Waals surface area contributed by atoms with E-state index in [1.807, 2.05) is 48.5 Å². The summed E-state index contributed by atoms with van der Waals surface area (Å²) in [6, 6.07) is 14.9. The summed E-state index contributed by atoms with van der Waals surface area (Å²) in [5.41, 5.74) is 1.86. The first-order valence-corrected chi connectivity index (χ1v) is 7.62. The van der Waals surface area contributed by atoms with Gasteiger partial charge in [-0.3, -0.25) is 0 Å². The van der Waals surface area contributed by atoms with Crippen LogP contribution in [0.4, 0.5) is 0 Å². The van der Waals surface area contributed by atoms with Gasteiger partial charge in [0.2, 0.25) is 0 Å². The van der Waals surface area contributed by atoms with E-state index in [-0.39, 0.29) is 12.3 Å². The van der Waals surface area contributed by atoms with E-state index < -0.39 is 12.1 Å². The van der Waals surface area contributed by atoms with Crippen molar-refractivity contribution in [1.29, 1.82) is 0 Å². The van der Waals surface area contributed by atoms with E-state index in [4.69, 9.17) is 9.47 Å². The highest BCUT2D eigenvalue weighted by Crippen LogP contribution is 2.27. The summed E-state index contributed by atoms with van der Waals surface area (Å²) in [5.74, 6) is 0.607. The Balaban J connectivity index is 2.21. The van der Waals surface area contributed by atoms with E-state index in [2.05, 4.69) is 13.8 Å². The summed E-state index contributed by atoms with van der Waals surface area (Å²) < 4.78 is 11.0. The van der Waals surface area contributed by atoms with Crippen LogP contribution in [-0.2, 0) is 11.2 Å². The van der Waals surface area contributed by atoms with Gasteiger partial charge in [-0.15, -0.1) is 0 Å². The van der Waals surface area contributed by atoms with Gasteiger partial charge in [0.15, 0.2) is 6.10 Å². The van der Waals surface area contributed by atoms with Crippen molar-refractivity contribution in [2.24, 2.45) is 0 Å². The molecule has 2 aromatic rings. The molecule has 0 fully saturated rings. The molecule has 0 radical (unpaired) electrons. The first kappa shape index (κ1) is 16.9. The fourth-order valence-electron chi connectivity index (χ4n) is 2.41. The summed E-state index contributed by atoms with van der Waals surface area (Å²) in [4.78, 5) is 11.6. The molecule has 0 unspecified atom stereocenters. The fourth-order valence-corrected chi connectivity index (χ4v) is 2.41. The average Bonchev–Trinajstić information content (AvgIpc) is 2.54. The van der Waals surface area contributed by atoms with Crippen LogP contribution in [0.1, 0.15) is 30.9 Å². The predicted molar refractivity (Wildman–Crippen MR) is 89.3 cm³/mol. The fraction of sp³-hybridized carbons (Fsp3) is 0.316. The molecular formula is C19H22O4. The molecule has 0 bridgehead atoms. The van der Waals surface area contributed by atoms with Gasteiger partial charge in [-0.25, -0.2) is 4.79 Å². The third-order valence-electron chi connectivity index (χ3n) is 3.64. The van der Waals surface area contributed by atoms with E-state index >= 15 is 0 Å². The monoisotopic (exact) mass is 314 g/mol. The van der Waals surface area contributed by atoms with Crippen LogP contribution in [-0.4, -0.2) is 24.3 Å². The number of methoxy groups -OCH3 is 1. The summed E-state index contributed by atoms with van der Waals surface area (Å²) in [5, 5.41) is 9.50. The largest absolute Gasteiger partial charge is 0.497 e. The van der Waals surface area contributed by atoms with Gasteiger partial charge >= 0.3 is 5.97 Å². The first-order chi connectivity index (χ1) is 11.0. The van der Waals surface area contributed by atoms with Crippen molar-refractivity contribution in [1.82, 2.24) is 0 Å². The molecule has 0 aliphatic rings. The molecule has 0 spiro atoms. The Labute approximate surface area is 136 Å². The highest BCUT2D eigenvalue weighted by Gasteiger charge is 2.22. The Morgan fingerprint density at radius 1 is 1.13 bits per heavy atom. The SMILES string of the molecule is COc1cccc(C[C@H](Oc2ccccc2C(C)C)C(=O)O)c1. The van der Waals surface area contributed by atoms with Crippen LogP contribution in [0, 0.1) is 0 Å². The summed E-state index contributed by atoms with van der Waals surface area (Å²) in [7, 11) is 1.59. The van der Waals surface area contributed by atoms with Gasteiger partial charge in [0, 0.05) is 6.42 Å². The van der Waals surface area contributed by atoms with E-state index in [1.165, 1.54) is 0 Å². The minimum atomic E-state index is -0.980. The molecule has 0 aromatic heterocycles. The van der Waals surface area contributed by atoms with E-state index in [9.17, 15) is 9.90 Å². The van der Waals surface area contributed by atoms with Crippen LogP contribution in [0.25, 0.3) is 0 Å². The van der Waals surface area contributed by atoms with E-state index in [0.29, 0.717) is 11.5 Å². The van der Waals surface area contributed by atoms with Crippen LogP contribution in [0.3, 0.4) is 0 Å². The molecule has 0 amide bonds. The quantitative estimate of drug-likeness (QED) is 0.842. The number of carboxylic acids is 1. The van der Waals surface area contributed by atoms with Gasteiger partial charge < -0.3 is 14.6 Å². The van der Waals surface area contributed by atoms with Crippen molar-refractivity contribution < 1.29 is 19.4 Å². The van der Waals surface area contributed by atoms with Crippen molar-refractivity contribution >= 4 is 5.97 Å². The highest BCUT2D eigenvalue weighted by atomic mass is 16.5. The molecule has 1 N–H and O–H groups in total. The number of rotatable bonds is 7. The van der Waals surface area contributed by atoms with Crippen molar-refractivity contribution in [2.75, 3.05) is 7.11 Å². The van der Waals surface area contributed by atoms with Crippen molar-refractivity contribution in [3.05, 3.63) is 59.7 Å². The Hall–Kier alpha value is -2.49. The molecule has 1 atom stereocenters. The van der Waals surface area contributed by atoms with Crippen LogP contribution in [0.2, 0.25) is 0 Å². The average molecular weight is 314 g/mol. The number of hydrogen-bond donors (Lipinski definition) is 1. The Kier molecular flexibility index (Phi) is 5.63. The second-order valence-electron chi connectivity index (χ2n) is 5.69. The third kappa shape index (κ3) is 4.49. The van der Waals surface area contributed by atoms with Crippen molar-refractivity contribution in [3.63, 3.8) is 0 Å². The lowest BCUT2D eigenvalue weighted by molar-refractivity contribution is -0.145. The van der Waals surface area contributed by atoms with Crippen LogP contribution in [0.5, 0.6) is 11.5 Å². The Morgan fingerprint density at radius 2 is 1.87 bits per heavy atom. The number of aliphatic carboxylic acids is 1. The van der Waals surface area contributed by atoms with E-state index in [1.54, 1.807) is 7.11 Å². The lowest BCUT2D eigenvalue weighted by Crippen LogP contribution is -2.29. The molecule has 0 saturated carbocycles. The normalized spacial score (nSPS) is 12.0. The van der Waals surface area contributed by atoms with Gasteiger partial charge in [-0.05, 0) is 35.2 Å². The molecule has 0 saturated heterocycles. The predicted octanol–water partition coefficient (Wildman–Crippen LogP) is 3.89. The van der Waals surface area contributed by atoms with Gasteiger partial charge in [-0.1, -0.05) is 44.2 Å². The standard InChI is InChI=1S/C19H22O4/c1-13(2)16-9-4-5-10-17(16)23-18(19(20)21)12-14-7-6-8-15(11-14)22-3/h4-11,13,18H,12H2,1-3H3,(H,20,21)/t18-/m0/s1. The molecular weight excluding hydrogens is 292 g/mol. The smallest absolute Gasteiger partial charge is 0.345 e. The van der Waals surface area contributed by atoms with Gasteiger partial charge in [-0.2, -0.15) is 0 Å². The first-order valence-electron chi connectivity index (χ1n) is 7.62. The van der Waals surface area contributed by atoms with Crippen molar-refractivity contribution in [3.8, 4) is 11.5 Å². The number of ether oxygens (including phenoxy) is 2. The third-order valence-corrected chi connectivity index (χ3v) is 3.64. The number of carboxylic acid groups (broad SMARTS) is 1. The summed E-state index contributed by atoms with van der Waals surface area (Å²) in [6.45, 7) is 4.11. The maximum Gasteiger partial charge on any atom is 0.345 e. The maximum absolute atomic E-state index is 11.6. The van der Waals surface area contributed by atoms with Crippen LogP contribution in [0.15, 0.2) is 48.5 Å². The maximum atomic E-state index is 11.6. The van der Waals surface area contributed by atoms with Gasteiger partial charge in [0.25, 0.3) is 0 Å². The molecule has 0 aliphatic heterocycles.